The summed E-state index contributed by atoms with van der Waals surface area (Å²) in [6, 6.07) is 0. The SMILES string of the molecule is CC(C)CCCCCC(=O)OC(=O)CCCCCCCC(=O)OCCOCC(C)OCCOC(=O)CCCCCCCC(=O)O. The number of carbonyl (C=O) groups is 5. The zero-order chi connectivity index (χ0) is 33.5. The number of carbonyl (C=O) groups excluding carboxylic acids is 4. The number of rotatable bonds is 31. The standard InChI is InChI=1S/C34H60O11/c1-28(2)17-11-10-16-22-34(40)45-33(39)21-15-9-5-8-14-19-31(37)43-24-23-41-27-29(3)42-25-26-44-32(38)20-13-7-4-6-12-18-30(35)36/h28-29H,4-27H2,1-3H3,(H,35,36). The molecule has 0 saturated heterocycles. The van der Waals surface area contributed by atoms with Gasteiger partial charge in [0, 0.05) is 32.1 Å². The van der Waals surface area contributed by atoms with E-state index in [1.807, 2.05) is 6.92 Å². The van der Waals surface area contributed by atoms with E-state index in [4.69, 9.17) is 28.8 Å². The molecular weight excluding hydrogens is 584 g/mol. The zero-order valence-electron chi connectivity index (χ0n) is 28.2. The monoisotopic (exact) mass is 644 g/mol. The lowest BCUT2D eigenvalue weighted by atomic mass is 10.0. The van der Waals surface area contributed by atoms with Gasteiger partial charge in [0.05, 0.1) is 25.9 Å². The molecule has 1 unspecified atom stereocenters. The van der Waals surface area contributed by atoms with E-state index < -0.39 is 17.9 Å². The topological polar surface area (TPSA) is 152 Å². The van der Waals surface area contributed by atoms with Gasteiger partial charge in [-0.1, -0.05) is 71.6 Å². The highest BCUT2D eigenvalue weighted by Gasteiger charge is 2.11. The maximum atomic E-state index is 11.9. The molecule has 0 aliphatic rings. The molecule has 0 aromatic heterocycles. The van der Waals surface area contributed by atoms with Crippen LogP contribution in [0.15, 0.2) is 0 Å². The van der Waals surface area contributed by atoms with Crippen LogP contribution >= 0.6 is 0 Å². The van der Waals surface area contributed by atoms with Crippen molar-refractivity contribution in [3.63, 3.8) is 0 Å². The number of ether oxygens (including phenoxy) is 5. The van der Waals surface area contributed by atoms with E-state index in [2.05, 4.69) is 13.8 Å². The van der Waals surface area contributed by atoms with Crippen LogP contribution in [0.2, 0.25) is 0 Å². The molecular formula is C34H60O11. The fourth-order valence-corrected chi connectivity index (χ4v) is 4.43. The maximum absolute atomic E-state index is 11.9. The largest absolute Gasteiger partial charge is 0.481 e. The molecule has 0 aliphatic carbocycles. The van der Waals surface area contributed by atoms with Gasteiger partial charge in [-0.2, -0.15) is 0 Å². The molecule has 1 N–H and O–H groups in total. The second-order valence-electron chi connectivity index (χ2n) is 12.0. The van der Waals surface area contributed by atoms with Crippen LogP contribution in [0.4, 0.5) is 0 Å². The minimum atomic E-state index is -0.776. The lowest BCUT2D eigenvalue weighted by Crippen LogP contribution is -2.21. The Morgan fingerprint density at radius 1 is 0.511 bits per heavy atom. The summed E-state index contributed by atoms with van der Waals surface area (Å²) in [7, 11) is 0. The van der Waals surface area contributed by atoms with Crippen molar-refractivity contribution in [2.24, 2.45) is 5.92 Å². The molecule has 0 rings (SSSR count). The molecule has 0 heterocycles. The molecule has 11 heteroatoms. The Labute approximate surface area is 270 Å². The normalized spacial score (nSPS) is 11.7. The van der Waals surface area contributed by atoms with Crippen LogP contribution in [0.3, 0.4) is 0 Å². The van der Waals surface area contributed by atoms with E-state index in [1.54, 1.807) is 0 Å². The Balaban J connectivity index is 3.51. The third kappa shape index (κ3) is 32.7. The predicted octanol–water partition coefficient (Wildman–Crippen LogP) is 6.72. The van der Waals surface area contributed by atoms with Gasteiger partial charge in [0.15, 0.2) is 0 Å². The van der Waals surface area contributed by atoms with E-state index in [9.17, 15) is 24.0 Å². The maximum Gasteiger partial charge on any atom is 0.313 e. The Kier molecular flexibility index (Phi) is 28.4. The van der Waals surface area contributed by atoms with Crippen LogP contribution in [-0.2, 0) is 47.7 Å². The van der Waals surface area contributed by atoms with Crippen LogP contribution < -0.4 is 0 Å². The number of carboxylic acids is 1. The highest BCUT2D eigenvalue weighted by molar-refractivity contribution is 5.85. The summed E-state index contributed by atoms with van der Waals surface area (Å²) < 4.78 is 26.3. The molecule has 0 spiro atoms. The molecule has 0 aliphatic heterocycles. The summed E-state index contributed by atoms with van der Waals surface area (Å²) in [4.78, 5) is 57.6. The van der Waals surface area contributed by atoms with Crippen LogP contribution in [0.5, 0.6) is 0 Å². The zero-order valence-corrected chi connectivity index (χ0v) is 28.2. The van der Waals surface area contributed by atoms with Crippen LogP contribution in [0, 0.1) is 5.92 Å². The third-order valence-corrected chi connectivity index (χ3v) is 7.02. The van der Waals surface area contributed by atoms with Crippen molar-refractivity contribution in [1.82, 2.24) is 0 Å². The molecule has 0 saturated carbocycles. The smallest absolute Gasteiger partial charge is 0.313 e. The van der Waals surface area contributed by atoms with Gasteiger partial charge in [-0.3, -0.25) is 24.0 Å². The number of carboxylic acid groups (broad SMARTS) is 1. The Morgan fingerprint density at radius 2 is 0.933 bits per heavy atom. The first kappa shape index (κ1) is 42.5. The molecule has 0 bridgehead atoms. The number of esters is 4. The molecule has 0 radical (unpaired) electrons. The molecule has 0 amide bonds. The van der Waals surface area contributed by atoms with Crippen LogP contribution in [-0.4, -0.2) is 74.1 Å². The summed E-state index contributed by atoms with van der Waals surface area (Å²) in [5.74, 6) is -1.53. The van der Waals surface area contributed by atoms with E-state index in [1.165, 1.54) is 0 Å². The van der Waals surface area contributed by atoms with Crippen LogP contribution in [0.25, 0.3) is 0 Å². The van der Waals surface area contributed by atoms with Crippen molar-refractivity contribution >= 4 is 29.8 Å². The Bertz CT molecular complexity index is 797. The average Bonchev–Trinajstić information content (AvgIpc) is 2.97. The highest BCUT2D eigenvalue weighted by atomic mass is 16.6. The van der Waals surface area contributed by atoms with Gasteiger partial charge >= 0.3 is 29.8 Å². The summed E-state index contributed by atoms with van der Waals surface area (Å²) >= 11 is 0. The second kappa shape index (κ2) is 30.1. The lowest BCUT2D eigenvalue weighted by molar-refractivity contribution is -0.160. The number of unbranched alkanes of at least 4 members (excludes halogenated alkanes) is 10. The molecule has 0 fully saturated rings. The molecule has 0 aromatic carbocycles. The van der Waals surface area contributed by atoms with E-state index in [0.29, 0.717) is 51.0 Å². The lowest BCUT2D eigenvalue weighted by Gasteiger charge is -2.14. The highest BCUT2D eigenvalue weighted by Crippen LogP contribution is 2.12. The van der Waals surface area contributed by atoms with Gasteiger partial charge in [0.2, 0.25) is 0 Å². The average molecular weight is 645 g/mol. The van der Waals surface area contributed by atoms with Crippen molar-refractivity contribution in [3.8, 4) is 0 Å². The van der Waals surface area contributed by atoms with Crippen LogP contribution in [0.1, 0.15) is 143 Å². The van der Waals surface area contributed by atoms with E-state index in [-0.39, 0.29) is 57.3 Å². The minimum absolute atomic E-state index is 0.168. The predicted molar refractivity (Wildman–Crippen MR) is 169 cm³/mol. The van der Waals surface area contributed by atoms with Gasteiger partial charge in [0.25, 0.3) is 0 Å². The first-order chi connectivity index (χ1) is 21.6. The van der Waals surface area contributed by atoms with Crippen molar-refractivity contribution in [2.75, 3.05) is 33.0 Å². The number of hydrogen-bond acceptors (Lipinski definition) is 10. The van der Waals surface area contributed by atoms with E-state index >= 15 is 0 Å². The van der Waals surface area contributed by atoms with Gasteiger partial charge in [-0.15, -0.1) is 0 Å². The Hall–Kier alpha value is -2.53. The Morgan fingerprint density at radius 3 is 1.42 bits per heavy atom. The van der Waals surface area contributed by atoms with Crippen molar-refractivity contribution in [2.45, 2.75) is 149 Å². The molecule has 262 valence electrons. The van der Waals surface area contributed by atoms with Gasteiger partial charge in [-0.05, 0) is 44.9 Å². The third-order valence-electron chi connectivity index (χ3n) is 7.02. The summed E-state index contributed by atoms with van der Waals surface area (Å²) in [5, 5.41) is 8.60. The quantitative estimate of drug-likeness (QED) is 0.0371. The number of hydrogen-bond donors (Lipinski definition) is 1. The molecule has 11 nitrogen and oxygen atoms in total. The second-order valence-corrected chi connectivity index (χ2v) is 12.0. The van der Waals surface area contributed by atoms with Gasteiger partial charge in [0.1, 0.15) is 13.2 Å². The van der Waals surface area contributed by atoms with Crippen molar-refractivity contribution in [3.05, 3.63) is 0 Å². The minimum Gasteiger partial charge on any atom is -0.481 e. The fraction of sp³-hybridized carbons (Fsp3) is 0.853. The summed E-state index contributed by atoms with van der Waals surface area (Å²) in [6.07, 6.45) is 13.2. The fourth-order valence-electron chi connectivity index (χ4n) is 4.43. The molecule has 45 heavy (non-hydrogen) atoms. The van der Waals surface area contributed by atoms with E-state index in [0.717, 1.165) is 70.6 Å². The summed E-state index contributed by atoms with van der Waals surface area (Å²) in [6.45, 7) is 7.40. The first-order valence-corrected chi connectivity index (χ1v) is 17.1. The summed E-state index contributed by atoms with van der Waals surface area (Å²) in [5.41, 5.74) is 0. The van der Waals surface area contributed by atoms with Crippen molar-refractivity contribution < 1.29 is 52.8 Å². The molecule has 0 aromatic rings. The molecule has 1 atom stereocenters. The van der Waals surface area contributed by atoms with Crippen molar-refractivity contribution in [1.29, 1.82) is 0 Å². The van der Waals surface area contributed by atoms with Gasteiger partial charge < -0.3 is 28.8 Å². The van der Waals surface area contributed by atoms with Gasteiger partial charge in [-0.25, -0.2) is 0 Å². The number of aliphatic carboxylic acids is 1. The first-order valence-electron chi connectivity index (χ1n) is 17.1.